The van der Waals surface area contributed by atoms with Crippen LogP contribution in [-0.2, 0) is 19.1 Å². The van der Waals surface area contributed by atoms with Crippen LogP contribution in [0.15, 0.2) is 78.9 Å². The Morgan fingerprint density at radius 3 is 2.47 bits per heavy atom. The van der Waals surface area contributed by atoms with Crippen LogP contribution in [0.5, 0.6) is 0 Å². The number of anilines is 1. The summed E-state index contributed by atoms with van der Waals surface area (Å²) in [5, 5.41) is 11.0. The predicted octanol–water partition coefficient (Wildman–Crippen LogP) is 2.59. The van der Waals surface area contributed by atoms with Crippen molar-refractivity contribution in [3.8, 4) is 0 Å². The van der Waals surface area contributed by atoms with E-state index >= 15 is 0 Å². The standard InChI is InChI=1S/C29H28ClN3O5/c1-31-15-7-13-22-23(26(31)35)24-27(36)33(21(17-34)18-9-3-2-4-10-18)25-28(37)32(16-8-14-29(24,25)38-22)20-12-6-5-11-19(20)30/h2-14,21-25,34H,15-17H2,1H3/t21-,22-,23+,24+,25?,29+/m1/s1. The number of para-hydroxylation sites is 1. The Labute approximate surface area is 225 Å². The Hall–Kier alpha value is -3.46. The molecular weight excluding hydrogens is 506 g/mol. The van der Waals surface area contributed by atoms with E-state index in [9.17, 15) is 19.5 Å². The molecule has 196 valence electrons. The molecule has 1 N–H and O–H groups in total. The zero-order valence-corrected chi connectivity index (χ0v) is 21.6. The second kappa shape index (κ2) is 9.38. The van der Waals surface area contributed by atoms with Crippen molar-refractivity contribution in [1.29, 1.82) is 0 Å². The Bertz CT molecular complexity index is 1350. The third kappa shape index (κ3) is 3.55. The molecule has 4 heterocycles. The summed E-state index contributed by atoms with van der Waals surface area (Å²) in [6.07, 6.45) is 6.62. The predicted molar refractivity (Wildman–Crippen MR) is 141 cm³/mol. The second-order valence-electron chi connectivity index (χ2n) is 10.1. The van der Waals surface area contributed by atoms with Crippen molar-refractivity contribution in [3.05, 3.63) is 89.5 Å². The molecule has 6 atom stereocenters. The average molecular weight is 534 g/mol. The third-order valence-corrected chi connectivity index (χ3v) is 8.45. The van der Waals surface area contributed by atoms with Gasteiger partial charge in [0.15, 0.2) is 0 Å². The zero-order chi connectivity index (χ0) is 26.6. The topological polar surface area (TPSA) is 90.4 Å². The summed E-state index contributed by atoms with van der Waals surface area (Å²) in [5.74, 6) is -2.70. The molecule has 2 aromatic rings. The Morgan fingerprint density at radius 1 is 1.00 bits per heavy atom. The summed E-state index contributed by atoms with van der Waals surface area (Å²) in [6, 6.07) is 14.2. The van der Waals surface area contributed by atoms with E-state index in [4.69, 9.17) is 16.3 Å². The summed E-state index contributed by atoms with van der Waals surface area (Å²) < 4.78 is 6.63. The number of carbonyl (C=O) groups is 3. The first-order valence-corrected chi connectivity index (χ1v) is 13.1. The normalized spacial score (nSPS) is 31.1. The highest BCUT2D eigenvalue weighted by Crippen LogP contribution is 2.55. The highest BCUT2D eigenvalue weighted by molar-refractivity contribution is 6.34. The summed E-state index contributed by atoms with van der Waals surface area (Å²) in [5.41, 5.74) is -0.190. The van der Waals surface area contributed by atoms with Gasteiger partial charge in [0, 0.05) is 20.1 Å². The van der Waals surface area contributed by atoms with E-state index in [-0.39, 0.29) is 24.3 Å². The lowest BCUT2D eigenvalue weighted by Gasteiger charge is -2.38. The molecule has 0 bridgehead atoms. The largest absolute Gasteiger partial charge is 0.394 e. The molecule has 0 radical (unpaired) electrons. The molecule has 2 saturated heterocycles. The maximum atomic E-state index is 14.5. The van der Waals surface area contributed by atoms with Crippen LogP contribution in [0.1, 0.15) is 11.6 Å². The number of aliphatic hydroxyl groups excluding tert-OH is 1. The molecule has 6 rings (SSSR count). The molecule has 1 spiro atoms. The monoisotopic (exact) mass is 533 g/mol. The van der Waals surface area contributed by atoms with E-state index < -0.39 is 42.2 Å². The minimum atomic E-state index is -1.39. The Morgan fingerprint density at radius 2 is 1.74 bits per heavy atom. The lowest BCUT2D eigenvalue weighted by atomic mass is 9.77. The van der Waals surface area contributed by atoms with Gasteiger partial charge in [0.25, 0.3) is 5.91 Å². The van der Waals surface area contributed by atoms with E-state index in [1.165, 1.54) is 4.90 Å². The van der Waals surface area contributed by atoms with Gasteiger partial charge in [-0.25, -0.2) is 0 Å². The van der Waals surface area contributed by atoms with Crippen molar-refractivity contribution in [2.45, 2.75) is 23.8 Å². The van der Waals surface area contributed by atoms with Crippen LogP contribution in [-0.4, -0.2) is 77.1 Å². The molecule has 38 heavy (non-hydrogen) atoms. The van der Waals surface area contributed by atoms with Crippen molar-refractivity contribution in [1.82, 2.24) is 9.80 Å². The summed E-state index contributed by atoms with van der Waals surface area (Å²) in [6.45, 7) is 0.224. The summed E-state index contributed by atoms with van der Waals surface area (Å²) >= 11 is 6.50. The van der Waals surface area contributed by atoms with Gasteiger partial charge >= 0.3 is 0 Å². The first-order chi connectivity index (χ1) is 18.4. The zero-order valence-electron chi connectivity index (χ0n) is 20.8. The van der Waals surface area contributed by atoms with Gasteiger partial charge < -0.3 is 24.5 Å². The van der Waals surface area contributed by atoms with Gasteiger partial charge in [0.05, 0.1) is 41.3 Å². The van der Waals surface area contributed by atoms with Gasteiger partial charge in [-0.3, -0.25) is 14.4 Å². The number of likely N-dealkylation sites (N-methyl/N-ethyl adjacent to an activating group) is 1. The maximum absolute atomic E-state index is 14.5. The number of ether oxygens (including phenoxy) is 1. The van der Waals surface area contributed by atoms with Crippen LogP contribution in [0, 0.1) is 11.8 Å². The van der Waals surface area contributed by atoms with Gasteiger partial charge in [-0.15, -0.1) is 0 Å². The first kappa shape index (κ1) is 24.9. The molecule has 2 aromatic carbocycles. The van der Waals surface area contributed by atoms with Gasteiger partial charge in [-0.2, -0.15) is 0 Å². The fourth-order valence-corrected chi connectivity index (χ4v) is 6.69. The minimum absolute atomic E-state index is 0.204. The molecule has 2 fully saturated rings. The SMILES string of the molecule is CN1CC=C[C@H]2O[C@]34C=CCN(c5ccccc5Cl)C(=O)C3N([C@H](CO)c3ccccc3)C(=O)[C@@H]4[C@H]2C1=O. The van der Waals surface area contributed by atoms with E-state index in [2.05, 4.69) is 0 Å². The van der Waals surface area contributed by atoms with Gasteiger partial charge in [-0.05, 0) is 17.7 Å². The Balaban J connectivity index is 1.53. The van der Waals surface area contributed by atoms with E-state index in [1.54, 1.807) is 47.2 Å². The molecule has 4 aliphatic rings. The number of hydrogen-bond donors (Lipinski definition) is 1. The molecule has 9 heteroatoms. The number of hydrogen-bond acceptors (Lipinski definition) is 5. The molecule has 3 amide bonds. The Kier molecular flexibility index (Phi) is 6.13. The molecule has 4 aliphatic heterocycles. The molecule has 8 nitrogen and oxygen atoms in total. The number of fused-ring (bicyclic) bond motifs is 2. The van der Waals surface area contributed by atoms with Crippen molar-refractivity contribution in [2.75, 3.05) is 31.6 Å². The number of amides is 3. The third-order valence-electron chi connectivity index (χ3n) is 8.13. The molecule has 0 saturated carbocycles. The van der Waals surface area contributed by atoms with E-state index in [0.717, 1.165) is 0 Å². The highest BCUT2D eigenvalue weighted by Gasteiger charge is 2.72. The van der Waals surface area contributed by atoms with Crippen molar-refractivity contribution < 1.29 is 24.2 Å². The molecule has 1 unspecified atom stereocenters. The van der Waals surface area contributed by atoms with Crippen LogP contribution in [0.2, 0.25) is 5.02 Å². The lowest BCUT2D eigenvalue weighted by molar-refractivity contribution is -0.146. The number of halogens is 1. The van der Waals surface area contributed by atoms with Crippen LogP contribution in [0.4, 0.5) is 5.69 Å². The highest BCUT2D eigenvalue weighted by atomic mass is 35.5. The quantitative estimate of drug-likeness (QED) is 0.610. The van der Waals surface area contributed by atoms with Gasteiger partial charge in [0.2, 0.25) is 11.8 Å². The van der Waals surface area contributed by atoms with Crippen molar-refractivity contribution >= 4 is 35.0 Å². The van der Waals surface area contributed by atoms with Crippen molar-refractivity contribution in [3.63, 3.8) is 0 Å². The number of aliphatic hydroxyl groups is 1. The van der Waals surface area contributed by atoms with Gasteiger partial charge in [0.1, 0.15) is 11.6 Å². The van der Waals surface area contributed by atoms with Crippen LogP contribution in [0.3, 0.4) is 0 Å². The average Bonchev–Trinajstić information content (AvgIpc) is 3.25. The molecule has 0 aromatic heterocycles. The number of carbonyl (C=O) groups excluding carboxylic acids is 3. The van der Waals surface area contributed by atoms with Crippen LogP contribution >= 0.6 is 11.6 Å². The number of benzene rings is 2. The van der Waals surface area contributed by atoms with E-state index in [1.807, 2.05) is 48.6 Å². The number of rotatable bonds is 4. The second-order valence-corrected chi connectivity index (χ2v) is 10.6. The fourth-order valence-electron chi connectivity index (χ4n) is 6.45. The number of likely N-dealkylation sites (tertiary alicyclic amines) is 1. The van der Waals surface area contributed by atoms with E-state index in [0.29, 0.717) is 22.8 Å². The lowest BCUT2D eigenvalue weighted by Crippen LogP contribution is -2.56. The summed E-state index contributed by atoms with van der Waals surface area (Å²) in [4.78, 5) is 47.0. The van der Waals surface area contributed by atoms with Gasteiger partial charge in [-0.1, -0.05) is 78.4 Å². The summed E-state index contributed by atoms with van der Waals surface area (Å²) in [7, 11) is 1.70. The molecular formula is C29H28ClN3O5. The minimum Gasteiger partial charge on any atom is -0.394 e. The fraction of sp³-hybridized carbons (Fsp3) is 0.345. The van der Waals surface area contributed by atoms with Crippen LogP contribution < -0.4 is 4.90 Å². The maximum Gasteiger partial charge on any atom is 0.253 e. The van der Waals surface area contributed by atoms with Crippen LogP contribution in [0.25, 0.3) is 0 Å². The smallest absolute Gasteiger partial charge is 0.253 e. The number of nitrogens with zero attached hydrogens (tertiary/aromatic N) is 3. The first-order valence-electron chi connectivity index (χ1n) is 12.7. The van der Waals surface area contributed by atoms with Crippen molar-refractivity contribution in [2.24, 2.45) is 11.8 Å². The molecule has 0 aliphatic carbocycles.